The number of rotatable bonds is 2. The van der Waals surface area contributed by atoms with Gasteiger partial charge in [0.15, 0.2) is 11.4 Å². The number of nitrogens with zero attached hydrogens (tertiary/aromatic N) is 2. The van der Waals surface area contributed by atoms with Crippen molar-refractivity contribution in [3.63, 3.8) is 0 Å². The standard InChI is InChI=1S/C17H17N3O/c1-17(2,3)15(21)12-9-18-16-14(12)20-13(10-19-16)11-7-5-4-6-8-11/h4-10H,1-3H3,(H,18,19). The Balaban J connectivity index is 2.15. The van der Waals surface area contributed by atoms with Crippen LogP contribution in [0.3, 0.4) is 0 Å². The molecule has 0 unspecified atom stereocenters. The maximum Gasteiger partial charge on any atom is 0.171 e. The summed E-state index contributed by atoms with van der Waals surface area (Å²) in [4.78, 5) is 24.5. The third-order valence-electron chi connectivity index (χ3n) is 3.38. The van der Waals surface area contributed by atoms with E-state index in [9.17, 15) is 4.79 Å². The molecular weight excluding hydrogens is 262 g/mol. The molecule has 0 radical (unpaired) electrons. The van der Waals surface area contributed by atoms with Crippen LogP contribution in [0.25, 0.3) is 22.4 Å². The smallest absolute Gasteiger partial charge is 0.171 e. The fraction of sp³-hybridized carbons (Fsp3) is 0.235. The van der Waals surface area contributed by atoms with Crippen molar-refractivity contribution in [2.24, 2.45) is 5.41 Å². The SMILES string of the molecule is CC(C)(C)C(=O)c1c[nH]c2ncc(-c3ccccc3)nc12. The molecule has 2 aromatic heterocycles. The van der Waals surface area contributed by atoms with Crippen LogP contribution in [0.5, 0.6) is 0 Å². The Morgan fingerprint density at radius 3 is 2.52 bits per heavy atom. The number of ketones is 1. The fourth-order valence-corrected chi connectivity index (χ4v) is 2.22. The topological polar surface area (TPSA) is 58.6 Å². The van der Waals surface area contributed by atoms with Gasteiger partial charge in [-0.2, -0.15) is 0 Å². The van der Waals surface area contributed by atoms with Gasteiger partial charge in [0, 0.05) is 17.2 Å². The van der Waals surface area contributed by atoms with Crippen LogP contribution in [0.15, 0.2) is 42.7 Å². The van der Waals surface area contributed by atoms with Crippen LogP contribution in [-0.2, 0) is 0 Å². The Hall–Kier alpha value is -2.49. The molecule has 2 heterocycles. The number of benzene rings is 1. The molecule has 21 heavy (non-hydrogen) atoms. The van der Waals surface area contributed by atoms with Gasteiger partial charge in [-0.05, 0) is 0 Å². The summed E-state index contributed by atoms with van der Waals surface area (Å²) >= 11 is 0. The molecule has 3 rings (SSSR count). The predicted molar refractivity (Wildman–Crippen MR) is 83.1 cm³/mol. The molecule has 1 N–H and O–H groups in total. The molecule has 106 valence electrons. The van der Waals surface area contributed by atoms with E-state index >= 15 is 0 Å². The Morgan fingerprint density at radius 2 is 1.86 bits per heavy atom. The van der Waals surface area contributed by atoms with Gasteiger partial charge >= 0.3 is 0 Å². The summed E-state index contributed by atoms with van der Waals surface area (Å²) in [6.45, 7) is 5.72. The van der Waals surface area contributed by atoms with E-state index in [0.29, 0.717) is 16.7 Å². The summed E-state index contributed by atoms with van der Waals surface area (Å²) in [7, 11) is 0. The zero-order valence-corrected chi connectivity index (χ0v) is 12.3. The minimum atomic E-state index is -0.445. The largest absolute Gasteiger partial charge is 0.344 e. The lowest BCUT2D eigenvalue weighted by Gasteiger charge is -2.15. The minimum Gasteiger partial charge on any atom is -0.344 e. The highest BCUT2D eigenvalue weighted by molar-refractivity contribution is 6.08. The van der Waals surface area contributed by atoms with Crippen LogP contribution in [0.1, 0.15) is 31.1 Å². The van der Waals surface area contributed by atoms with Crippen LogP contribution in [0, 0.1) is 5.41 Å². The molecule has 4 heteroatoms. The quantitative estimate of drug-likeness (QED) is 0.725. The summed E-state index contributed by atoms with van der Waals surface area (Å²) in [5.41, 5.74) is 3.19. The molecule has 0 aliphatic heterocycles. The summed E-state index contributed by atoms with van der Waals surface area (Å²) in [6.07, 6.45) is 3.42. The molecule has 0 fully saturated rings. The number of nitrogens with one attached hydrogen (secondary N) is 1. The van der Waals surface area contributed by atoms with Gasteiger partial charge in [0.1, 0.15) is 5.52 Å². The maximum absolute atomic E-state index is 12.5. The van der Waals surface area contributed by atoms with Crippen molar-refractivity contribution >= 4 is 16.9 Å². The van der Waals surface area contributed by atoms with Gasteiger partial charge in [-0.1, -0.05) is 51.1 Å². The van der Waals surface area contributed by atoms with Gasteiger partial charge in [-0.25, -0.2) is 9.97 Å². The van der Waals surface area contributed by atoms with Gasteiger partial charge in [0.05, 0.1) is 17.5 Å². The zero-order valence-electron chi connectivity index (χ0n) is 12.3. The molecule has 0 amide bonds. The van der Waals surface area contributed by atoms with E-state index in [1.54, 1.807) is 12.4 Å². The van der Waals surface area contributed by atoms with Crippen LogP contribution < -0.4 is 0 Å². The average molecular weight is 279 g/mol. The number of H-pyrrole nitrogens is 1. The first kappa shape index (κ1) is 13.5. The first-order valence-electron chi connectivity index (χ1n) is 6.91. The molecule has 3 aromatic rings. The highest BCUT2D eigenvalue weighted by Crippen LogP contribution is 2.26. The fourth-order valence-electron chi connectivity index (χ4n) is 2.22. The van der Waals surface area contributed by atoms with E-state index in [-0.39, 0.29) is 5.78 Å². The predicted octanol–water partition coefficient (Wildman–Crippen LogP) is 3.85. The second-order valence-corrected chi connectivity index (χ2v) is 6.10. The van der Waals surface area contributed by atoms with Gasteiger partial charge in [-0.3, -0.25) is 4.79 Å². The van der Waals surface area contributed by atoms with Crippen LogP contribution in [-0.4, -0.2) is 20.7 Å². The highest BCUT2D eigenvalue weighted by Gasteiger charge is 2.26. The summed E-state index contributed by atoms with van der Waals surface area (Å²) in [5.74, 6) is 0.0632. The van der Waals surface area contributed by atoms with Crippen molar-refractivity contribution in [1.29, 1.82) is 0 Å². The first-order valence-corrected chi connectivity index (χ1v) is 6.91. The van der Waals surface area contributed by atoms with E-state index in [1.807, 2.05) is 51.1 Å². The monoisotopic (exact) mass is 279 g/mol. The Bertz CT molecular complexity index is 798. The molecule has 1 aromatic carbocycles. The third kappa shape index (κ3) is 2.44. The van der Waals surface area contributed by atoms with Gasteiger partial charge in [-0.15, -0.1) is 0 Å². The van der Waals surface area contributed by atoms with E-state index < -0.39 is 5.41 Å². The number of hydrogen-bond donors (Lipinski definition) is 1. The molecule has 4 nitrogen and oxygen atoms in total. The van der Waals surface area contributed by atoms with Crippen LogP contribution in [0.4, 0.5) is 0 Å². The molecule has 0 atom stereocenters. The van der Waals surface area contributed by atoms with E-state index in [1.165, 1.54) is 0 Å². The maximum atomic E-state index is 12.5. The second-order valence-electron chi connectivity index (χ2n) is 6.10. The lowest BCUT2D eigenvalue weighted by molar-refractivity contribution is 0.0860. The summed E-state index contributed by atoms with van der Waals surface area (Å²) in [6, 6.07) is 9.83. The number of fused-ring (bicyclic) bond motifs is 1. The summed E-state index contributed by atoms with van der Waals surface area (Å²) in [5, 5.41) is 0. The van der Waals surface area contributed by atoms with E-state index in [2.05, 4.69) is 15.0 Å². The lowest BCUT2D eigenvalue weighted by Crippen LogP contribution is -2.20. The van der Waals surface area contributed by atoms with Crippen molar-refractivity contribution in [2.45, 2.75) is 20.8 Å². The van der Waals surface area contributed by atoms with Crippen molar-refractivity contribution in [3.8, 4) is 11.3 Å². The lowest BCUT2D eigenvalue weighted by atomic mass is 9.87. The van der Waals surface area contributed by atoms with Crippen molar-refractivity contribution < 1.29 is 4.79 Å². The van der Waals surface area contributed by atoms with E-state index in [0.717, 1.165) is 11.3 Å². The van der Waals surface area contributed by atoms with Gasteiger partial charge in [0.2, 0.25) is 0 Å². The number of hydrogen-bond acceptors (Lipinski definition) is 3. The Labute approximate surface area is 123 Å². The van der Waals surface area contributed by atoms with Crippen molar-refractivity contribution in [3.05, 3.63) is 48.3 Å². The third-order valence-corrected chi connectivity index (χ3v) is 3.38. The Morgan fingerprint density at radius 1 is 1.14 bits per heavy atom. The molecule has 0 saturated heterocycles. The van der Waals surface area contributed by atoms with Gasteiger partial charge in [0.25, 0.3) is 0 Å². The molecule has 0 spiro atoms. The van der Waals surface area contributed by atoms with Crippen LogP contribution >= 0.6 is 0 Å². The first-order chi connectivity index (χ1) is 9.97. The zero-order chi connectivity index (χ0) is 15.0. The number of aromatic nitrogens is 3. The number of carbonyl (C=O) groups excluding carboxylic acids is 1. The molecule has 0 bridgehead atoms. The molecule has 0 aliphatic carbocycles. The van der Waals surface area contributed by atoms with Crippen molar-refractivity contribution in [2.75, 3.05) is 0 Å². The average Bonchev–Trinajstić information content (AvgIpc) is 2.89. The normalized spacial score (nSPS) is 11.8. The van der Waals surface area contributed by atoms with Gasteiger partial charge < -0.3 is 4.98 Å². The van der Waals surface area contributed by atoms with E-state index in [4.69, 9.17) is 0 Å². The minimum absolute atomic E-state index is 0.0632. The molecular formula is C17H17N3O. The van der Waals surface area contributed by atoms with Crippen molar-refractivity contribution in [1.82, 2.24) is 15.0 Å². The second kappa shape index (κ2) is 4.81. The molecule has 0 aliphatic rings. The number of aromatic amines is 1. The summed E-state index contributed by atoms with van der Waals surface area (Å²) < 4.78 is 0. The van der Waals surface area contributed by atoms with Crippen LogP contribution in [0.2, 0.25) is 0 Å². The molecule has 0 saturated carbocycles. The highest BCUT2D eigenvalue weighted by atomic mass is 16.1. The Kier molecular flexibility index (Phi) is 3.09. The number of Topliss-reactive ketones (excluding diaryl/α,β-unsaturated/α-hetero) is 1. The number of carbonyl (C=O) groups is 1.